The van der Waals surface area contributed by atoms with Gasteiger partial charge in [-0.25, -0.2) is 17.5 Å². The number of halogens is 1. The summed E-state index contributed by atoms with van der Waals surface area (Å²) in [6.45, 7) is 2.20. The van der Waals surface area contributed by atoms with Gasteiger partial charge in [-0.15, -0.1) is 0 Å². The molecule has 3 N–H and O–H groups in total. The second kappa shape index (κ2) is 6.95. The van der Waals surface area contributed by atoms with Crippen molar-refractivity contribution in [2.45, 2.75) is 30.8 Å². The highest BCUT2D eigenvalue weighted by atomic mass is 32.2. The topological polar surface area (TPSA) is 81.4 Å². The summed E-state index contributed by atoms with van der Waals surface area (Å²) in [5, 5.41) is 0. The van der Waals surface area contributed by atoms with Crippen molar-refractivity contribution in [3.63, 3.8) is 0 Å². The van der Waals surface area contributed by atoms with Crippen molar-refractivity contribution in [3.8, 4) is 0 Å². The van der Waals surface area contributed by atoms with E-state index < -0.39 is 21.9 Å². The van der Waals surface area contributed by atoms with Gasteiger partial charge in [-0.3, -0.25) is 0 Å². The van der Waals surface area contributed by atoms with Crippen molar-refractivity contribution in [1.82, 2.24) is 4.72 Å². The van der Waals surface area contributed by atoms with Gasteiger partial charge in [-0.1, -0.05) is 13.0 Å². The predicted molar refractivity (Wildman–Crippen MR) is 70.6 cm³/mol. The molecule has 0 fully saturated rings. The minimum atomic E-state index is -3.92. The number of rotatable bonds is 7. The van der Waals surface area contributed by atoms with Crippen LogP contribution in [0.15, 0.2) is 23.1 Å². The standard InChI is InChI=1S/C12H19FN2O3S/c1-3-10(8-18-2)15-19(16,17)12-6-9(7-14)4-5-11(12)13/h4-6,10,15H,3,7-8,14H2,1-2H3. The normalized spacial score (nSPS) is 13.5. The summed E-state index contributed by atoms with van der Waals surface area (Å²) >= 11 is 0. The number of benzene rings is 1. The number of methoxy groups -OCH3 is 1. The quantitative estimate of drug-likeness (QED) is 0.784. The summed E-state index contributed by atoms with van der Waals surface area (Å²) in [4.78, 5) is -0.384. The average molecular weight is 290 g/mol. The second-order valence-electron chi connectivity index (χ2n) is 4.15. The molecule has 1 unspecified atom stereocenters. The molecule has 1 aromatic rings. The minimum Gasteiger partial charge on any atom is -0.383 e. The first-order chi connectivity index (χ1) is 8.94. The van der Waals surface area contributed by atoms with Crippen LogP contribution < -0.4 is 10.5 Å². The van der Waals surface area contributed by atoms with Crippen LogP contribution in [0.2, 0.25) is 0 Å². The highest BCUT2D eigenvalue weighted by Crippen LogP contribution is 2.17. The molecule has 0 aliphatic heterocycles. The fourth-order valence-corrected chi connectivity index (χ4v) is 3.03. The van der Waals surface area contributed by atoms with Crippen molar-refractivity contribution >= 4 is 10.0 Å². The first kappa shape index (κ1) is 16.0. The smallest absolute Gasteiger partial charge is 0.243 e. The Labute approximate surface area is 113 Å². The fraction of sp³-hybridized carbons (Fsp3) is 0.500. The largest absolute Gasteiger partial charge is 0.383 e. The van der Waals surface area contributed by atoms with E-state index in [9.17, 15) is 12.8 Å². The van der Waals surface area contributed by atoms with Gasteiger partial charge in [-0.05, 0) is 24.1 Å². The molecule has 0 radical (unpaired) electrons. The molecule has 0 aliphatic rings. The molecular weight excluding hydrogens is 271 g/mol. The minimum absolute atomic E-state index is 0.151. The third kappa shape index (κ3) is 4.24. The second-order valence-corrected chi connectivity index (χ2v) is 5.83. The molecule has 0 saturated carbocycles. The lowest BCUT2D eigenvalue weighted by atomic mass is 10.2. The Morgan fingerprint density at radius 3 is 2.68 bits per heavy atom. The third-order valence-electron chi connectivity index (χ3n) is 2.70. The number of ether oxygens (including phenoxy) is 1. The van der Waals surface area contributed by atoms with Crippen molar-refractivity contribution in [2.24, 2.45) is 5.73 Å². The zero-order valence-corrected chi connectivity index (χ0v) is 11.8. The van der Waals surface area contributed by atoms with Crippen molar-refractivity contribution in [3.05, 3.63) is 29.6 Å². The average Bonchev–Trinajstić information content (AvgIpc) is 2.38. The summed E-state index contributed by atoms with van der Waals surface area (Å²) < 4.78 is 45.2. The molecule has 5 nitrogen and oxygen atoms in total. The Morgan fingerprint density at radius 2 is 2.16 bits per heavy atom. The molecule has 0 spiro atoms. The maximum atomic E-state index is 13.7. The maximum absolute atomic E-state index is 13.7. The first-order valence-corrected chi connectivity index (χ1v) is 7.42. The van der Waals surface area contributed by atoms with Gasteiger partial charge in [0.1, 0.15) is 10.7 Å². The highest BCUT2D eigenvalue weighted by molar-refractivity contribution is 7.89. The van der Waals surface area contributed by atoms with E-state index in [1.54, 1.807) is 0 Å². The Balaban J connectivity index is 3.05. The summed E-state index contributed by atoms with van der Waals surface area (Å²) in [5.74, 6) is -0.794. The maximum Gasteiger partial charge on any atom is 0.243 e. The molecule has 108 valence electrons. The molecule has 0 saturated heterocycles. The molecular formula is C12H19FN2O3S. The molecule has 19 heavy (non-hydrogen) atoms. The van der Waals surface area contributed by atoms with E-state index in [1.165, 1.54) is 19.2 Å². The van der Waals surface area contributed by atoms with E-state index in [0.717, 1.165) is 6.07 Å². The van der Waals surface area contributed by atoms with Crippen LogP contribution in [0.1, 0.15) is 18.9 Å². The zero-order chi connectivity index (χ0) is 14.5. The van der Waals surface area contributed by atoms with Gasteiger partial charge in [-0.2, -0.15) is 0 Å². The Morgan fingerprint density at radius 1 is 1.47 bits per heavy atom. The van der Waals surface area contributed by atoms with Crippen LogP contribution in [0.5, 0.6) is 0 Å². The molecule has 0 heterocycles. The molecule has 0 bridgehead atoms. The van der Waals surface area contributed by atoms with E-state index in [1.807, 2.05) is 6.92 Å². The zero-order valence-electron chi connectivity index (χ0n) is 11.0. The van der Waals surface area contributed by atoms with Crippen molar-refractivity contribution < 1.29 is 17.5 Å². The van der Waals surface area contributed by atoms with E-state index in [0.29, 0.717) is 12.0 Å². The van der Waals surface area contributed by atoms with Crippen LogP contribution in [0.3, 0.4) is 0 Å². The lowest BCUT2D eigenvalue weighted by Gasteiger charge is -2.16. The monoisotopic (exact) mass is 290 g/mol. The summed E-state index contributed by atoms with van der Waals surface area (Å²) in [5.41, 5.74) is 5.99. The van der Waals surface area contributed by atoms with E-state index in [4.69, 9.17) is 10.5 Å². The molecule has 7 heteroatoms. The molecule has 1 rings (SSSR count). The van der Waals surface area contributed by atoms with Gasteiger partial charge in [0.15, 0.2) is 0 Å². The molecule has 1 atom stereocenters. The summed E-state index contributed by atoms with van der Waals surface area (Å²) in [6.07, 6.45) is 0.547. The van der Waals surface area contributed by atoms with Crippen LogP contribution in [0.4, 0.5) is 4.39 Å². The van der Waals surface area contributed by atoms with Crippen LogP contribution in [0.25, 0.3) is 0 Å². The van der Waals surface area contributed by atoms with Crippen molar-refractivity contribution in [1.29, 1.82) is 0 Å². The molecule has 0 amide bonds. The highest BCUT2D eigenvalue weighted by Gasteiger charge is 2.22. The van der Waals surface area contributed by atoms with Crippen LogP contribution in [-0.2, 0) is 21.3 Å². The Hall–Kier alpha value is -1.02. The van der Waals surface area contributed by atoms with Gasteiger partial charge >= 0.3 is 0 Å². The summed E-state index contributed by atoms with van der Waals surface area (Å²) in [7, 11) is -2.44. The first-order valence-electron chi connectivity index (χ1n) is 5.94. The van der Waals surface area contributed by atoms with E-state index in [2.05, 4.69) is 4.72 Å². The number of nitrogens with two attached hydrogens (primary N) is 1. The number of hydrogen-bond acceptors (Lipinski definition) is 4. The van der Waals surface area contributed by atoms with Gasteiger partial charge < -0.3 is 10.5 Å². The van der Waals surface area contributed by atoms with Crippen LogP contribution in [-0.4, -0.2) is 28.2 Å². The Kier molecular flexibility index (Phi) is 5.86. The number of sulfonamides is 1. The van der Waals surface area contributed by atoms with Gasteiger partial charge in [0.2, 0.25) is 10.0 Å². The molecule has 1 aromatic carbocycles. The lowest BCUT2D eigenvalue weighted by molar-refractivity contribution is 0.173. The van der Waals surface area contributed by atoms with E-state index in [-0.39, 0.29) is 18.0 Å². The van der Waals surface area contributed by atoms with Gasteiger partial charge in [0.05, 0.1) is 6.61 Å². The SMILES string of the molecule is CCC(COC)NS(=O)(=O)c1cc(CN)ccc1F. The fourth-order valence-electron chi connectivity index (χ4n) is 1.60. The predicted octanol–water partition coefficient (Wildman–Crippen LogP) is 0.988. The molecule has 0 aliphatic carbocycles. The Bertz CT molecular complexity index is 520. The van der Waals surface area contributed by atoms with Crippen LogP contribution >= 0.6 is 0 Å². The summed E-state index contributed by atoms with van der Waals surface area (Å²) in [6, 6.07) is 3.42. The van der Waals surface area contributed by atoms with Crippen molar-refractivity contribution in [2.75, 3.05) is 13.7 Å². The lowest BCUT2D eigenvalue weighted by Crippen LogP contribution is -2.37. The number of hydrogen-bond donors (Lipinski definition) is 2. The van der Waals surface area contributed by atoms with Gasteiger partial charge in [0.25, 0.3) is 0 Å². The van der Waals surface area contributed by atoms with Gasteiger partial charge in [0, 0.05) is 19.7 Å². The third-order valence-corrected chi connectivity index (χ3v) is 4.24. The number of nitrogens with one attached hydrogen (secondary N) is 1. The van der Waals surface area contributed by atoms with Crippen LogP contribution in [0, 0.1) is 5.82 Å². The van der Waals surface area contributed by atoms with E-state index >= 15 is 0 Å². The molecule has 0 aromatic heterocycles.